The fraction of sp³-hybridized carbons (Fsp3) is 0.800. The fourth-order valence-electron chi connectivity index (χ4n) is 0.0791. The van der Waals surface area contributed by atoms with Crippen molar-refractivity contribution in [2.45, 2.75) is 25.6 Å². The van der Waals surface area contributed by atoms with E-state index in [9.17, 15) is 0 Å². The normalized spacial score (nSPS) is 12.3. The molecule has 0 atom stereocenters. The number of hydrogen-bond donors (Lipinski definition) is 0. The number of rotatable bonds is 1. The highest BCUT2D eigenvalue weighted by Crippen LogP contribution is 2.03. The molecule has 0 saturated heterocycles. The van der Waals surface area contributed by atoms with Crippen molar-refractivity contribution in [1.82, 2.24) is 0 Å². The molecule has 0 aliphatic rings. The summed E-state index contributed by atoms with van der Waals surface area (Å²) in [4.78, 5) is 3.45. The van der Waals surface area contributed by atoms with Crippen LogP contribution in [-0.4, -0.2) is 14.7 Å². The molecule has 0 spiro atoms. The minimum Gasteiger partial charge on any atom is -0.317 e. The van der Waals surface area contributed by atoms with Crippen molar-refractivity contribution in [1.29, 1.82) is 0 Å². The molecule has 0 rings (SSSR count). The lowest BCUT2D eigenvalue weighted by Gasteiger charge is -2.04. The average molecular weight is 113 g/mol. The monoisotopic (exact) mass is 113 g/mol. The van der Waals surface area contributed by atoms with Gasteiger partial charge in [0.25, 0.3) is 0 Å². The molecule has 0 aromatic carbocycles. The Morgan fingerprint density at radius 3 is 2.00 bits per heavy atom. The second-order valence-corrected chi connectivity index (χ2v) is 4.72. The van der Waals surface area contributed by atoms with Crippen LogP contribution in [-0.2, 0) is 0 Å². The first-order valence-electron chi connectivity index (χ1n) is 2.51. The van der Waals surface area contributed by atoms with Crippen molar-refractivity contribution in [2.24, 2.45) is 0 Å². The van der Waals surface area contributed by atoms with Crippen molar-refractivity contribution in [3.8, 4) is 0 Å². The van der Waals surface area contributed by atoms with Crippen molar-refractivity contribution in [3.05, 3.63) is 11.4 Å². The largest absolute Gasteiger partial charge is 0.317 e. The van der Waals surface area contributed by atoms with Crippen LogP contribution in [0.15, 0.2) is 0 Å². The van der Waals surface area contributed by atoms with E-state index in [1.165, 1.54) is 0 Å². The van der Waals surface area contributed by atoms with Gasteiger partial charge in [0.2, 0.25) is 0 Å². The van der Waals surface area contributed by atoms with Crippen LogP contribution in [0.4, 0.5) is 0 Å². The van der Waals surface area contributed by atoms with E-state index in [0.717, 1.165) is 0 Å². The van der Waals surface area contributed by atoms with Crippen LogP contribution in [0.2, 0.25) is 6.55 Å². The van der Waals surface area contributed by atoms with Crippen LogP contribution < -0.4 is 0 Å². The third kappa shape index (κ3) is 2.41. The molecule has 0 aromatic rings. The lowest BCUT2D eigenvalue weighted by atomic mass is 10.4. The predicted molar refractivity (Wildman–Crippen MR) is 35.1 cm³/mol. The Kier molecular flexibility index (Phi) is 2.04. The standard InChI is InChI=1S/C5H11NSi/c1-5(2,6-3)7-4/h7H2,1-2,4H3. The first-order valence-corrected chi connectivity index (χ1v) is 4.63. The molecular formula is C5H11NSi. The minimum atomic E-state index is -0.112. The first kappa shape index (κ1) is 6.71. The van der Waals surface area contributed by atoms with Crippen LogP contribution >= 0.6 is 0 Å². The summed E-state index contributed by atoms with van der Waals surface area (Å²) in [6.07, 6.45) is 0. The Bertz CT molecular complexity index is 90.7. The van der Waals surface area contributed by atoms with Crippen LogP contribution in [0.1, 0.15) is 13.8 Å². The van der Waals surface area contributed by atoms with Crippen LogP contribution in [0.25, 0.3) is 4.85 Å². The molecule has 1 nitrogen and oxygen atoms in total. The van der Waals surface area contributed by atoms with E-state index in [2.05, 4.69) is 11.4 Å². The molecule has 40 valence electrons. The molecule has 0 radical (unpaired) electrons. The van der Waals surface area contributed by atoms with Gasteiger partial charge in [0.05, 0.1) is 0 Å². The van der Waals surface area contributed by atoms with Crippen molar-refractivity contribution in [2.75, 3.05) is 0 Å². The molecule has 0 unspecified atom stereocenters. The molecule has 0 heterocycles. The zero-order valence-electron chi connectivity index (χ0n) is 5.15. The van der Waals surface area contributed by atoms with Gasteiger partial charge in [0.15, 0.2) is 5.16 Å². The Morgan fingerprint density at radius 2 is 2.00 bits per heavy atom. The third-order valence-corrected chi connectivity index (χ3v) is 3.06. The van der Waals surface area contributed by atoms with E-state index in [0.29, 0.717) is 0 Å². The zero-order valence-corrected chi connectivity index (χ0v) is 6.57. The molecular weight excluding hydrogens is 102 g/mol. The van der Waals surface area contributed by atoms with Crippen LogP contribution in [0.3, 0.4) is 0 Å². The van der Waals surface area contributed by atoms with Gasteiger partial charge in [-0.1, -0.05) is 6.55 Å². The Morgan fingerprint density at radius 1 is 1.57 bits per heavy atom. The molecule has 7 heavy (non-hydrogen) atoms. The van der Waals surface area contributed by atoms with Gasteiger partial charge in [0, 0.05) is 13.8 Å². The topological polar surface area (TPSA) is 4.36 Å². The summed E-state index contributed by atoms with van der Waals surface area (Å²) < 4.78 is 0. The molecule has 0 bridgehead atoms. The van der Waals surface area contributed by atoms with Gasteiger partial charge >= 0.3 is 0 Å². The summed E-state index contributed by atoms with van der Waals surface area (Å²) in [5.74, 6) is 0. The summed E-state index contributed by atoms with van der Waals surface area (Å²) in [6, 6.07) is 0. The van der Waals surface area contributed by atoms with Gasteiger partial charge in [0.1, 0.15) is 9.52 Å². The average Bonchev–Trinajstić information content (AvgIpc) is 1.68. The van der Waals surface area contributed by atoms with Crippen LogP contribution in [0, 0.1) is 6.57 Å². The van der Waals surface area contributed by atoms with Gasteiger partial charge in [-0.15, -0.1) is 0 Å². The second kappa shape index (κ2) is 2.13. The zero-order chi connectivity index (χ0) is 5.91. The van der Waals surface area contributed by atoms with E-state index in [1.807, 2.05) is 13.8 Å². The predicted octanol–water partition coefficient (Wildman–Crippen LogP) is 0.859. The van der Waals surface area contributed by atoms with Gasteiger partial charge in [-0.3, -0.25) is 0 Å². The maximum atomic E-state index is 6.67. The third-order valence-electron chi connectivity index (χ3n) is 1.17. The van der Waals surface area contributed by atoms with Crippen molar-refractivity contribution in [3.63, 3.8) is 0 Å². The molecule has 0 aliphatic heterocycles. The smallest absolute Gasteiger partial charge is 0.199 e. The van der Waals surface area contributed by atoms with E-state index in [-0.39, 0.29) is 14.7 Å². The molecule has 0 aromatic heterocycles. The van der Waals surface area contributed by atoms with E-state index >= 15 is 0 Å². The molecule has 0 N–H and O–H groups in total. The first-order chi connectivity index (χ1) is 3.12. The second-order valence-electron chi connectivity index (χ2n) is 2.28. The molecule has 0 saturated carbocycles. The quantitative estimate of drug-likeness (QED) is 0.351. The van der Waals surface area contributed by atoms with Crippen molar-refractivity contribution >= 4 is 9.52 Å². The van der Waals surface area contributed by atoms with E-state index in [4.69, 9.17) is 6.57 Å². The summed E-state index contributed by atoms with van der Waals surface area (Å²) in [7, 11) is -0.112. The summed E-state index contributed by atoms with van der Waals surface area (Å²) in [5.41, 5.74) is 0. The minimum absolute atomic E-state index is 0.0139. The summed E-state index contributed by atoms with van der Waals surface area (Å²) >= 11 is 0. The highest BCUT2D eigenvalue weighted by atomic mass is 28.2. The number of hydrogen-bond acceptors (Lipinski definition) is 0. The SMILES string of the molecule is [C-]#[N+]C(C)(C)[SiH2]C. The lowest BCUT2D eigenvalue weighted by molar-refractivity contribution is 0.861. The Hall–Kier alpha value is -0.293. The highest BCUT2D eigenvalue weighted by molar-refractivity contribution is 6.38. The van der Waals surface area contributed by atoms with Gasteiger partial charge in [-0.2, -0.15) is 0 Å². The summed E-state index contributed by atoms with van der Waals surface area (Å²) in [5, 5.41) is 0.0139. The Balaban J connectivity index is 3.66. The van der Waals surface area contributed by atoms with Crippen molar-refractivity contribution < 1.29 is 0 Å². The van der Waals surface area contributed by atoms with Gasteiger partial charge in [-0.05, 0) is 0 Å². The maximum Gasteiger partial charge on any atom is 0.199 e. The van der Waals surface area contributed by atoms with Gasteiger partial charge in [-0.25, -0.2) is 6.57 Å². The maximum absolute atomic E-state index is 6.67. The summed E-state index contributed by atoms with van der Waals surface area (Å²) in [6.45, 7) is 12.8. The highest BCUT2D eigenvalue weighted by Gasteiger charge is 2.17. The van der Waals surface area contributed by atoms with E-state index < -0.39 is 0 Å². The van der Waals surface area contributed by atoms with E-state index in [1.54, 1.807) is 0 Å². The molecule has 2 heteroatoms. The van der Waals surface area contributed by atoms with Gasteiger partial charge < -0.3 is 4.85 Å². The molecule has 0 fully saturated rings. The Labute approximate surface area is 47.4 Å². The molecule has 0 amide bonds. The number of nitrogens with zero attached hydrogens (tertiary/aromatic N) is 1. The van der Waals surface area contributed by atoms with Crippen LogP contribution in [0.5, 0.6) is 0 Å². The fourth-order valence-corrected chi connectivity index (χ4v) is 0.237. The molecule has 0 aliphatic carbocycles. The lowest BCUT2D eigenvalue weighted by Crippen LogP contribution is -2.20.